The molecule has 0 N–H and O–H groups in total. The van der Waals surface area contributed by atoms with Gasteiger partial charge in [-0.3, -0.25) is 0 Å². The second-order valence-electron chi connectivity index (χ2n) is 2.47. The van der Waals surface area contributed by atoms with E-state index in [1.807, 2.05) is 0 Å². The van der Waals surface area contributed by atoms with Crippen molar-refractivity contribution in [2.75, 3.05) is 6.26 Å². The Morgan fingerprint density at radius 2 is 2.08 bits per heavy atom. The average Bonchev–Trinajstić information content (AvgIpc) is 2.15. The molecule has 0 aliphatic rings. The molecule has 0 spiro atoms. The van der Waals surface area contributed by atoms with Crippen molar-refractivity contribution in [1.29, 1.82) is 0 Å². The van der Waals surface area contributed by atoms with Crippen LogP contribution >= 0.6 is 0 Å². The van der Waals surface area contributed by atoms with Crippen LogP contribution in [-0.2, 0) is 27.3 Å². The molecule has 13 heavy (non-hydrogen) atoms. The Morgan fingerprint density at radius 1 is 1.46 bits per heavy atom. The quantitative estimate of drug-likeness (QED) is 0.677. The van der Waals surface area contributed by atoms with E-state index in [4.69, 9.17) is 0 Å². The summed E-state index contributed by atoms with van der Waals surface area (Å²) in [6, 6.07) is 7.04. The van der Waals surface area contributed by atoms with Crippen LogP contribution in [0.25, 0.3) is 0 Å². The summed E-state index contributed by atoms with van der Waals surface area (Å²) in [5, 5.41) is 0. The van der Waals surface area contributed by atoms with Gasteiger partial charge in [0.15, 0.2) is 4.90 Å². The maximum Gasteiger partial charge on any atom is 0.417 e. The first kappa shape index (κ1) is 10.1. The maximum absolute atomic E-state index is 11.0. The lowest BCUT2D eigenvalue weighted by atomic mass is 10.2. The molecule has 0 aromatic heterocycles. The third-order valence-electron chi connectivity index (χ3n) is 1.55. The van der Waals surface area contributed by atoms with Crippen LogP contribution in [0.4, 0.5) is 0 Å². The van der Waals surface area contributed by atoms with Crippen molar-refractivity contribution in [3.63, 3.8) is 0 Å². The van der Waals surface area contributed by atoms with Gasteiger partial charge in [-0.15, -0.1) is 0 Å². The van der Waals surface area contributed by atoms with Crippen LogP contribution in [0.1, 0.15) is 5.56 Å². The van der Waals surface area contributed by atoms with Crippen LogP contribution < -0.4 is 0 Å². The molecule has 1 aromatic rings. The third-order valence-corrected chi connectivity index (χ3v) is 2.49. The van der Waals surface area contributed by atoms with Crippen molar-refractivity contribution in [2.45, 2.75) is 11.5 Å². The molecular formula is C9H9O3S. The van der Waals surface area contributed by atoms with E-state index in [-0.39, 0.29) is 6.61 Å². The molecule has 0 fully saturated rings. The van der Waals surface area contributed by atoms with Crippen molar-refractivity contribution in [2.24, 2.45) is 0 Å². The van der Waals surface area contributed by atoms with Crippen LogP contribution in [-0.4, -0.2) is 17.3 Å². The number of rotatable bonds is 4. The van der Waals surface area contributed by atoms with Crippen molar-refractivity contribution >= 4 is 17.6 Å². The molecule has 0 aliphatic heterocycles. The zero-order valence-electron chi connectivity index (χ0n) is 7.15. The van der Waals surface area contributed by atoms with Gasteiger partial charge in [0.2, 0.25) is 0 Å². The molecule has 69 valence electrons. The van der Waals surface area contributed by atoms with Gasteiger partial charge in [-0.1, -0.05) is 12.1 Å². The largest absolute Gasteiger partial charge is 0.612 e. The molecule has 1 unspecified atom stereocenters. The first-order valence-corrected chi connectivity index (χ1v) is 5.21. The maximum atomic E-state index is 11.0. The monoisotopic (exact) mass is 197 g/mol. The summed E-state index contributed by atoms with van der Waals surface area (Å²) in [5.74, 6) is 0. The number of hydrogen-bond donors (Lipinski definition) is 0. The molecule has 0 bridgehead atoms. The predicted octanol–water partition coefficient (Wildman–Crippen LogP) is 1.01. The van der Waals surface area contributed by atoms with E-state index >= 15 is 0 Å². The van der Waals surface area contributed by atoms with Gasteiger partial charge in [0.1, 0.15) is 12.9 Å². The molecule has 1 aromatic carbocycles. The number of carbonyl (C=O) groups excluding carboxylic acids is 1. The second kappa shape index (κ2) is 4.89. The smallest absolute Gasteiger partial charge is 0.417 e. The molecule has 0 heterocycles. The summed E-state index contributed by atoms with van der Waals surface area (Å²) in [5.41, 5.74) is 0.859. The predicted molar refractivity (Wildman–Crippen MR) is 49.3 cm³/mol. The van der Waals surface area contributed by atoms with E-state index in [1.165, 1.54) is 6.47 Å². The summed E-state index contributed by atoms with van der Waals surface area (Å²) in [6.07, 6.45) is 1.62. The lowest BCUT2D eigenvalue weighted by Crippen LogP contribution is -1.97. The first-order chi connectivity index (χ1) is 6.24. The van der Waals surface area contributed by atoms with Gasteiger partial charge in [0, 0.05) is 0 Å². The van der Waals surface area contributed by atoms with Crippen LogP contribution in [0.2, 0.25) is 0 Å². The number of ether oxygens (including phenoxy) is 1. The third kappa shape index (κ3) is 3.08. The van der Waals surface area contributed by atoms with E-state index in [1.54, 1.807) is 30.5 Å². The Balaban J connectivity index is 2.64. The Kier molecular flexibility index (Phi) is 3.79. The number of hydrogen-bond acceptors (Lipinski definition) is 3. The van der Waals surface area contributed by atoms with E-state index in [0.29, 0.717) is 0 Å². The fourth-order valence-electron chi connectivity index (χ4n) is 0.890. The van der Waals surface area contributed by atoms with Gasteiger partial charge in [-0.25, -0.2) is 4.79 Å². The molecule has 4 heteroatoms. The van der Waals surface area contributed by atoms with Crippen LogP contribution in [0.15, 0.2) is 29.2 Å². The van der Waals surface area contributed by atoms with Gasteiger partial charge in [-0.05, 0) is 28.9 Å². The number of benzene rings is 1. The van der Waals surface area contributed by atoms with Crippen LogP contribution in [0, 0.1) is 0 Å². The Labute approximate surface area is 79.9 Å². The summed E-state index contributed by atoms with van der Waals surface area (Å²) >= 11 is -0.961. The SMILES string of the molecule is C[S+]([O-])c1ccc(CO[C]=O)cc1. The standard InChI is InChI=1S/C9H9O3S/c1-13(11)9-4-2-8(3-5-9)6-12-7-10/h2-5H,6H2,1H3. The minimum Gasteiger partial charge on any atom is -0.612 e. The van der Waals surface area contributed by atoms with Gasteiger partial charge >= 0.3 is 6.47 Å². The molecule has 0 saturated heterocycles. The highest BCUT2D eigenvalue weighted by atomic mass is 32.2. The fraction of sp³-hybridized carbons (Fsp3) is 0.222. The van der Waals surface area contributed by atoms with E-state index in [0.717, 1.165) is 10.5 Å². The Hall–Kier alpha value is -1.00. The molecular weight excluding hydrogens is 188 g/mol. The molecule has 3 nitrogen and oxygen atoms in total. The minimum atomic E-state index is -0.961. The lowest BCUT2D eigenvalue weighted by molar-refractivity contribution is 0.267. The highest BCUT2D eigenvalue weighted by molar-refractivity contribution is 7.90. The zero-order chi connectivity index (χ0) is 9.68. The topological polar surface area (TPSA) is 49.4 Å². The molecule has 1 rings (SSSR count). The normalized spacial score (nSPS) is 12.2. The molecule has 1 atom stereocenters. The van der Waals surface area contributed by atoms with Crippen molar-refractivity contribution in [3.8, 4) is 0 Å². The second-order valence-corrected chi connectivity index (χ2v) is 3.85. The summed E-state index contributed by atoms with van der Waals surface area (Å²) in [4.78, 5) is 10.5. The van der Waals surface area contributed by atoms with Gasteiger partial charge < -0.3 is 9.29 Å². The lowest BCUT2D eigenvalue weighted by Gasteiger charge is -2.04. The van der Waals surface area contributed by atoms with Crippen LogP contribution in [0.5, 0.6) is 0 Å². The van der Waals surface area contributed by atoms with E-state index < -0.39 is 11.2 Å². The minimum absolute atomic E-state index is 0.208. The highest BCUT2D eigenvalue weighted by Gasteiger charge is 2.02. The summed E-state index contributed by atoms with van der Waals surface area (Å²) in [6.45, 7) is 1.55. The van der Waals surface area contributed by atoms with Gasteiger partial charge in [-0.2, -0.15) is 0 Å². The summed E-state index contributed by atoms with van der Waals surface area (Å²) < 4.78 is 15.4. The fourth-order valence-corrected chi connectivity index (χ4v) is 1.41. The van der Waals surface area contributed by atoms with Crippen molar-refractivity contribution in [3.05, 3.63) is 29.8 Å². The van der Waals surface area contributed by atoms with Gasteiger partial charge in [0.05, 0.1) is 0 Å². The van der Waals surface area contributed by atoms with Crippen molar-refractivity contribution < 1.29 is 14.1 Å². The molecule has 0 saturated carbocycles. The molecule has 0 amide bonds. The highest BCUT2D eigenvalue weighted by Crippen LogP contribution is 2.10. The van der Waals surface area contributed by atoms with E-state index in [9.17, 15) is 9.35 Å². The first-order valence-electron chi connectivity index (χ1n) is 3.65. The van der Waals surface area contributed by atoms with Gasteiger partial charge in [0.25, 0.3) is 0 Å². The molecule has 0 aliphatic carbocycles. The summed E-state index contributed by atoms with van der Waals surface area (Å²) in [7, 11) is 0. The Bertz CT molecular complexity index is 269. The van der Waals surface area contributed by atoms with E-state index in [2.05, 4.69) is 4.74 Å². The average molecular weight is 197 g/mol. The Morgan fingerprint density at radius 3 is 2.54 bits per heavy atom. The van der Waals surface area contributed by atoms with Crippen molar-refractivity contribution in [1.82, 2.24) is 0 Å². The zero-order valence-corrected chi connectivity index (χ0v) is 7.97. The molecule has 1 radical (unpaired) electrons. The van der Waals surface area contributed by atoms with Crippen LogP contribution in [0.3, 0.4) is 0 Å².